The Labute approximate surface area is 201 Å². The first-order valence-electron chi connectivity index (χ1n) is 12.7. The second kappa shape index (κ2) is 11.2. The maximum absolute atomic E-state index is 13.2. The third-order valence-electron chi connectivity index (χ3n) is 7.11. The molecule has 34 heavy (non-hydrogen) atoms. The number of aromatic nitrogens is 5. The molecule has 3 aromatic rings. The summed E-state index contributed by atoms with van der Waals surface area (Å²) in [5, 5.41) is 13.8. The van der Waals surface area contributed by atoms with Gasteiger partial charge in [-0.3, -0.25) is 9.69 Å². The van der Waals surface area contributed by atoms with Gasteiger partial charge in [-0.1, -0.05) is 38.7 Å². The zero-order chi connectivity index (χ0) is 24.1. The highest BCUT2D eigenvalue weighted by atomic mass is 16.5. The fourth-order valence-electron chi connectivity index (χ4n) is 5.44. The number of aryl methyl sites for hydroxylation is 2. The number of tetrazole rings is 1. The van der Waals surface area contributed by atoms with Gasteiger partial charge in [-0.05, 0) is 66.8 Å². The van der Waals surface area contributed by atoms with Gasteiger partial charge in [0.1, 0.15) is 0 Å². The largest absolute Gasteiger partial charge is 0.383 e. The third-order valence-corrected chi connectivity index (χ3v) is 7.11. The molecule has 0 spiro atoms. The van der Waals surface area contributed by atoms with Crippen molar-refractivity contribution < 1.29 is 4.74 Å². The van der Waals surface area contributed by atoms with Crippen LogP contribution in [0.3, 0.4) is 0 Å². The minimum absolute atomic E-state index is 0.00691. The van der Waals surface area contributed by atoms with E-state index < -0.39 is 0 Å². The highest BCUT2D eigenvalue weighted by Gasteiger charge is 2.32. The second-order valence-electron chi connectivity index (χ2n) is 9.69. The van der Waals surface area contributed by atoms with Crippen molar-refractivity contribution in [3.63, 3.8) is 0 Å². The molecule has 0 bridgehead atoms. The molecule has 1 atom stereocenters. The molecule has 1 aromatic carbocycles. The van der Waals surface area contributed by atoms with Crippen LogP contribution in [-0.2, 0) is 17.8 Å². The molecule has 2 heterocycles. The van der Waals surface area contributed by atoms with Gasteiger partial charge < -0.3 is 9.72 Å². The molecule has 0 saturated heterocycles. The summed E-state index contributed by atoms with van der Waals surface area (Å²) in [5.41, 5.74) is 4.05. The van der Waals surface area contributed by atoms with Gasteiger partial charge in [-0.2, -0.15) is 0 Å². The van der Waals surface area contributed by atoms with Crippen molar-refractivity contribution in [1.29, 1.82) is 0 Å². The lowest BCUT2D eigenvalue weighted by atomic mass is 9.91. The standard InChI is InChI=1S/C26H38N6O2/c1-5-9-24(25-28-29-30-32(25)12-13-34-4)31(21-10-7-6-8-11-21)17-20-16-22-19(3)14-18(2)15-23(22)27-26(20)33/h14-16,21,24H,5-13,17H2,1-4H3,(H,27,33)/t24-/m1/s1. The maximum atomic E-state index is 13.2. The van der Waals surface area contributed by atoms with Crippen LogP contribution in [-0.4, -0.2) is 49.8 Å². The minimum atomic E-state index is -0.00691. The summed E-state index contributed by atoms with van der Waals surface area (Å²) in [5.74, 6) is 0.869. The van der Waals surface area contributed by atoms with Crippen LogP contribution in [0.25, 0.3) is 10.9 Å². The van der Waals surface area contributed by atoms with Crippen LogP contribution in [0.1, 0.15) is 80.4 Å². The van der Waals surface area contributed by atoms with Crippen molar-refractivity contribution in [1.82, 2.24) is 30.1 Å². The van der Waals surface area contributed by atoms with Gasteiger partial charge in [0.2, 0.25) is 0 Å². The average molecular weight is 467 g/mol. The van der Waals surface area contributed by atoms with Crippen LogP contribution in [0, 0.1) is 13.8 Å². The van der Waals surface area contributed by atoms with E-state index in [1.165, 1.54) is 24.8 Å². The van der Waals surface area contributed by atoms with Gasteiger partial charge >= 0.3 is 0 Å². The predicted molar refractivity (Wildman–Crippen MR) is 134 cm³/mol. The Morgan fingerprint density at radius 2 is 2.00 bits per heavy atom. The van der Waals surface area contributed by atoms with Crippen molar-refractivity contribution in [2.45, 2.75) is 90.9 Å². The molecular weight excluding hydrogens is 428 g/mol. The summed E-state index contributed by atoms with van der Waals surface area (Å²) in [6.07, 6.45) is 7.96. The third kappa shape index (κ3) is 5.39. The van der Waals surface area contributed by atoms with E-state index >= 15 is 0 Å². The van der Waals surface area contributed by atoms with E-state index in [-0.39, 0.29) is 11.6 Å². The summed E-state index contributed by atoms with van der Waals surface area (Å²) in [6, 6.07) is 6.78. The molecule has 0 amide bonds. The minimum Gasteiger partial charge on any atom is -0.383 e. The Bertz CT molecular complexity index is 1150. The SMILES string of the molecule is CCC[C@H](c1nnnn1CCOC)N(Cc1cc2c(C)cc(C)cc2[nH]c1=O)C1CCCCC1. The number of benzene rings is 1. The van der Waals surface area contributed by atoms with Gasteiger partial charge in [-0.25, -0.2) is 4.68 Å². The fraction of sp³-hybridized carbons (Fsp3) is 0.615. The highest BCUT2D eigenvalue weighted by Crippen LogP contribution is 2.33. The Kier molecular flexibility index (Phi) is 8.11. The van der Waals surface area contributed by atoms with E-state index in [1.807, 2.05) is 4.68 Å². The van der Waals surface area contributed by atoms with Crippen LogP contribution in [0.5, 0.6) is 0 Å². The van der Waals surface area contributed by atoms with Crippen LogP contribution in [0.15, 0.2) is 23.0 Å². The number of aromatic amines is 1. The Morgan fingerprint density at radius 3 is 2.74 bits per heavy atom. The number of ether oxygens (including phenoxy) is 1. The van der Waals surface area contributed by atoms with Crippen LogP contribution < -0.4 is 5.56 Å². The molecule has 1 aliphatic carbocycles. The lowest BCUT2D eigenvalue weighted by Gasteiger charge is -2.39. The zero-order valence-electron chi connectivity index (χ0n) is 21.0. The van der Waals surface area contributed by atoms with Gasteiger partial charge in [0.15, 0.2) is 5.82 Å². The van der Waals surface area contributed by atoms with Crippen molar-refractivity contribution in [3.05, 3.63) is 51.1 Å². The first-order chi connectivity index (χ1) is 16.5. The first kappa shape index (κ1) is 24.5. The van der Waals surface area contributed by atoms with Gasteiger partial charge in [0, 0.05) is 36.2 Å². The number of nitrogens with one attached hydrogen (secondary N) is 1. The molecule has 0 unspecified atom stereocenters. The number of fused-ring (bicyclic) bond motifs is 1. The number of pyridine rings is 1. The number of hydrogen-bond acceptors (Lipinski definition) is 6. The molecule has 1 fully saturated rings. The topological polar surface area (TPSA) is 88.9 Å². The highest BCUT2D eigenvalue weighted by molar-refractivity contribution is 5.83. The lowest BCUT2D eigenvalue weighted by Crippen LogP contribution is -2.41. The van der Waals surface area contributed by atoms with Crippen molar-refractivity contribution in [2.75, 3.05) is 13.7 Å². The fourth-order valence-corrected chi connectivity index (χ4v) is 5.44. The number of hydrogen-bond donors (Lipinski definition) is 1. The van der Waals surface area contributed by atoms with E-state index in [0.717, 1.165) is 53.5 Å². The smallest absolute Gasteiger partial charge is 0.252 e. The predicted octanol–water partition coefficient (Wildman–Crippen LogP) is 4.45. The van der Waals surface area contributed by atoms with Gasteiger partial charge in [-0.15, -0.1) is 5.10 Å². The molecule has 8 heteroatoms. The summed E-state index contributed by atoms with van der Waals surface area (Å²) in [4.78, 5) is 18.9. The monoisotopic (exact) mass is 466 g/mol. The summed E-state index contributed by atoms with van der Waals surface area (Å²) < 4.78 is 7.16. The quantitative estimate of drug-likeness (QED) is 0.475. The number of H-pyrrole nitrogens is 1. The summed E-state index contributed by atoms with van der Waals surface area (Å²) in [7, 11) is 1.69. The lowest BCUT2D eigenvalue weighted by molar-refractivity contribution is 0.0795. The number of nitrogens with zero attached hydrogens (tertiary/aromatic N) is 5. The van der Waals surface area contributed by atoms with Gasteiger partial charge in [0.25, 0.3) is 5.56 Å². The summed E-state index contributed by atoms with van der Waals surface area (Å²) in [6.45, 7) is 8.14. The molecule has 1 saturated carbocycles. The van der Waals surface area contributed by atoms with E-state index in [9.17, 15) is 4.79 Å². The first-order valence-corrected chi connectivity index (χ1v) is 12.7. The van der Waals surface area contributed by atoms with Gasteiger partial charge in [0.05, 0.1) is 19.2 Å². The van der Waals surface area contributed by atoms with Crippen molar-refractivity contribution in [3.8, 4) is 0 Å². The zero-order valence-corrected chi connectivity index (χ0v) is 21.0. The van der Waals surface area contributed by atoms with Crippen LogP contribution >= 0.6 is 0 Å². The molecule has 2 aromatic heterocycles. The Balaban J connectivity index is 1.74. The van der Waals surface area contributed by atoms with Crippen LogP contribution in [0.4, 0.5) is 0 Å². The molecule has 0 aliphatic heterocycles. The molecule has 0 radical (unpaired) electrons. The molecule has 4 rings (SSSR count). The van der Waals surface area contributed by atoms with E-state index in [0.29, 0.717) is 25.7 Å². The normalized spacial score (nSPS) is 15.9. The maximum Gasteiger partial charge on any atom is 0.252 e. The average Bonchev–Trinajstić information content (AvgIpc) is 3.29. The molecule has 184 valence electrons. The Morgan fingerprint density at radius 1 is 1.21 bits per heavy atom. The number of rotatable bonds is 10. The molecule has 1 N–H and O–H groups in total. The molecule has 1 aliphatic rings. The van der Waals surface area contributed by atoms with E-state index in [1.54, 1.807) is 7.11 Å². The molecular formula is C26H38N6O2. The van der Waals surface area contributed by atoms with Crippen molar-refractivity contribution in [2.24, 2.45) is 0 Å². The Hall–Kier alpha value is -2.58. The van der Waals surface area contributed by atoms with E-state index in [2.05, 4.69) is 64.4 Å². The summed E-state index contributed by atoms with van der Waals surface area (Å²) >= 11 is 0. The number of methoxy groups -OCH3 is 1. The van der Waals surface area contributed by atoms with Crippen molar-refractivity contribution >= 4 is 10.9 Å². The second-order valence-corrected chi connectivity index (χ2v) is 9.69. The molecule has 8 nitrogen and oxygen atoms in total. The van der Waals surface area contributed by atoms with E-state index in [4.69, 9.17) is 4.74 Å². The van der Waals surface area contributed by atoms with Crippen LogP contribution in [0.2, 0.25) is 0 Å².